The molecule has 1 amide bonds. The van der Waals surface area contributed by atoms with Gasteiger partial charge >= 0.3 is 0 Å². The van der Waals surface area contributed by atoms with E-state index in [2.05, 4.69) is 9.88 Å². The molecule has 134 valence electrons. The van der Waals surface area contributed by atoms with E-state index in [4.69, 9.17) is 0 Å². The number of nitrogens with zero attached hydrogens (tertiary/aromatic N) is 3. The number of aromatic nitrogens is 1. The number of aliphatic hydroxyl groups is 1. The number of halogens is 1. The van der Waals surface area contributed by atoms with E-state index in [0.29, 0.717) is 38.2 Å². The van der Waals surface area contributed by atoms with Gasteiger partial charge in [-0.2, -0.15) is 11.8 Å². The number of likely N-dealkylation sites (N-methyl/N-ethyl adjacent to an activating group) is 1. The number of thiazole rings is 1. The molecular formula is C16H24FN3O2S2. The summed E-state index contributed by atoms with van der Waals surface area (Å²) < 4.78 is 13.9. The average Bonchev–Trinajstić information content (AvgIpc) is 3.22. The maximum absolute atomic E-state index is 13.9. The fourth-order valence-corrected chi connectivity index (χ4v) is 5.31. The van der Waals surface area contributed by atoms with Crippen molar-refractivity contribution in [2.75, 3.05) is 31.6 Å². The first-order valence-corrected chi connectivity index (χ1v) is 10.3. The van der Waals surface area contributed by atoms with Crippen molar-refractivity contribution >= 4 is 29.0 Å². The Labute approximate surface area is 150 Å². The molecule has 2 aliphatic heterocycles. The number of carbonyl (C=O) groups is 1. The Morgan fingerprint density at radius 3 is 3.04 bits per heavy atom. The maximum atomic E-state index is 13.9. The minimum atomic E-state index is -1.25. The first-order valence-electron chi connectivity index (χ1n) is 8.22. The van der Waals surface area contributed by atoms with Crippen molar-refractivity contribution in [2.24, 2.45) is 0 Å². The molecule has 2 saturated heterocycles. The lowest BCUT2D eigenvalue weighted by Gasteiger charge is -2.32. The number of thioether (sulfide) groups is 1. The zero-order valence-electron chi connectivity index (χ0n) is 14.1. The van der Waals surface area contributed by atoms with E-state index in [0.717, 1.165) is 16.5 Å². The van der Waals surface area contributed by atoms with Gasteiger partial charge in [0.2, 0.25) is 0 Å². The predicted octanol–water partition coefficient (Wildman–Crippen LogP) is 1.69. The van der Waals surface area contributed by atoms with Crippen LogP contribution in [0.15, 0.2) is 5.38 Å². The molecule has 1 aromatic heterocycles. The number of amides is 1. The van der Waals surface area contributed by atoms with Crippen molar-refractivity contribution in [3.8, 4) is 0 Å². The lowest BCUT2D eigenvalue weighted by Crippen LogP contribution is -2.51. The third kappa shape index (κ3) is 3.92. The van der Waals surface area contributed by atoms with Crippen LogP contribution in [0.25, 0.3) is 0 Å². The number of hydrogen-bond acceptors (Lipinski definition) is 6. The van der Waals surface area contributed by atoms with Crippen LogP contribution in [0.3, 0.4) is 0 Å². The highest BCUT2D eigenvalue weighted by atomic mass is 32.2. The lowest BCUT2D eigenvalue weighted by atomic mass is 10.0. The number of hydrogen-bond donors (Lipinski definition) is 1. The smallest absolute Gasteiger partial charge is 0.255 e. The summed E-state index contributed by atoms with van der Waals surface area (Å²) in [7, 11) is 1.71. The molecule has 1 aromatic rings. The molecule has 0 aromatic carbocycles. The molecule has 3 atom stereocenters. The quantitative estimate of drug-likeness (QED) is 0.851. The second-order valence-electron chi connectivity index (χ2n) is 6.79. The van der Waals surface area contributed by atoms with Gasteiger partial charge in [0.05, 0.1) is 10.7 Å². The predicted molar refractivity (Wildman–Crippen MR) is 95.1 cm³/mol. The number of aryl methyl sites for hydroxylation is 1. The molecule has 0 aliphatic carbocycles. The highest BCUT2D eigenvalue weighted by Gasteiger charge is 2.42. The Morgan fingerprint density at radius 1 is 1.62 bits per heavy atom. The second kappa shape index (κ2) is 7.27. The first-order chi connectivity index (χ1) is 11.4. The van der Waals surface area contributed by atoms with E-state index < -0.39 is 11.8 Å². The Kier molecular flexibility index (Phi) is 5.48. The SMILES string of the molecule is Cc1nc(CN2C[C@@H](F)C[C@H]2CN(C)C(=O)C2(O)CCSC2)cs1. The van der Waals surface area contributed by atoms with E-state index in [1.54, 1.807) is 35.0 Å². The summed E-state index contributed by atoms with van der Waals surface area (Å²) in [6.07, 6.45) is 0.0517. The molecule has 3 rings (SSSR count). The number of rotatable bonds is 5. The van der Waals surface area contributed by atoms with Crippen molar-refractivity contribution in [3.63, 3.8) is 0 Å². The van der Waals surface area contributed by atoms with Crippen molar-refractivity contribution in [2.45, 2.75) is 44.1 Å². The van der Waals surface area contributed by atoms with Crippen LogP contribution in [-0.4, -0.2) is 75.3 Å². The van der Waals surface area contributed by atoms with Crippen LogP contribution in [-0.2, 0) is 11.3 Å². The summed E-state index contributed by atoms with van der Waals surface area (Å²) in [5.41, 5.74) is -0.291. The van der Waals surface area contributed by atoms with Gasteiger partial charge in [-0.15, -0.1) is 11.3 Å². The Balaban J connectivity index is 1.62. The molecule has 3 heterocycles. The van der Waals surface area contributed by atoms with Crippen molar-refractivity contribution < 1.29 is 14.3 Å². The van der Waals surface area contributed by atoms with Crippen molar-refractivity contribution in [1.82, 2.24) is 14.8 Å². The van der Waals surface area contributed by atoms with Crippen LogP contribution in [0.4, 0.5) is 4.39 Å². The molecule has 5 nitrogen and oxygen atoms in total. The van der Waals surface area contributed by atoms with Gasteiger partial charge in [-0.25, -0.2) is 9.37 Å². The molecule has 24 heavy (non-hydrogen) atoms. The van der Waals surface area contributed by atoms with Crippen LogP contribution in [0, 0.1) is 6.92 Å². The fraction of sp³-hybridized carbons (Fsp3) is 0.750. The van der Waals surface area contributed by atoms with E-state index in [-0.39, 0.29) is 11.9 Å². The van der Waals surface area contributed by atoms with Crippen LogP contribution in [0.2, 0.25) is 0 Å². The Hall–Kier alpha value is -0.700. The van der Waals surface area contributed by atoms with E-state index in [9.17, 15) is 14.3 Å². The molecule has 0 saturated carbocycles. The normalized spacial score (nSPS) is 30.8. The van der Waals surface area contributed by atoms with E-state index >= 15 is 0 Å². The number of alkyl halides is 1. The number of carbonyl (C=O) groups excluding carboxylic acids is 1. The van der Waals surface area contributed by atoms with Crippen LogP contribution in [0.5, 0.6) is 0 Å². The van der Waals surface area contributed by atoms with Gasteiger partial charge in [-0.05, 0) is 25.5 Å². The van der Waals surface area contributed by atoms with Crippen LogP contribution < -0.4 is 0 Å². The molecule has 2 fully saturated rings. The van der Waals surface area contributed by atoms with E-state index in [1.807, 2.05) is 12.3 Å². The molecular weight excluding hydrogens is 349 g/mol. The third-order valence-corrected chi connectivity index (χ3v) is 6.74. The van der Waals surface area contributed by atoms with Crippen LogP contribution >= 0.6 is 23.1 Å². The monoisotopic (exact) mass is 373 g/mol. The van der Waals surface area contributed by atoms with Gasteiger partial charge in [0, 0.05) is 43.9 Å². The average molecular weight is 374 g/mol. The molecule has 1 unspecified atom stereocenters. The summed E-state index contributed by atoms with van der Waals surface area (Å²) in [4.78, 5) is 20.6. The van der Waals surface area contributed by atoms with Gasteiger partial charge in [-0.1, -0.05) is 0 Å². The summed E-state index contributed by atoms with van der Waals surface area (Å²) in [5, 5.41) is 13.5. The van der Waals surface area contributed by atoms with Gasteiger partial charge in [0.25, 0.3) is 5.91 Å². The zero-order valence-corrected chi connectivity index (χ0v) is 15.7. The molecule has 2 aliphatic rings. The minimum Gasteiger partial charge on any atom is -0.379 e. The number of likely N-dealkylation sites (tertiary alicyclic amines) is 1. The molecule has 0 spiro atoms. The summed E-state index contributed by atoms with van der Waals surface area (Å²) >= 11 is 3.19. The summed E-state index contributed by atoms with van der Waals surface area (Å²) in [6, 6.07) is -0.0337. The van der Waals surface area contributed by atoms with Crippen LogP contribution in [0.1, 0.15) is 23.5 Å². The first kappa shape index (κ1) is 18.1. The summed E-state index contributed by atoms with van der Waals surface area (Å²) in [5.74, 6) is 1.02. The Morgan fingerprint density at radius 2 is 2.42 bits per heavy atom. The largest absolute Gasteiger partial charge is 0.379 e. The molecule has 1 N–H and O–H groups in total. The third-order valence-electron chi connectivity index (χ3n) is 4.74. The lowest BCUT2D eigenvalue weighted by molar-refractivity contribution is -0.148. The molecule has 0 bridgehead atoms. The van der Waals surface area contributed by atoms with Gasteiger partial charge in [0.15, 0.2) is 5.60 Å². The van der Waals surface area contributed by atoms with Gasteiger partial charge in [0.1, 0.15) is 6.17 Å². The fourth-order valence-electron chi connectivity index (χ4n) is 3.47. The van der Waals surface area contributed by atoms with Crippen molar-refractivity contribution in [3.05, 3.63) is 16.1 Å². The second-order valence-corrected chi connectivity index (χ2v) is 8.96. The summed E-state index contributed by atoms with van der Waals surface area (Å²) in [6.45, 7) is 3.39. The highest BCUT2D eigenvalue weighted by Crippen LogP contribution is 2.30. The highest BCUT2D eigenvalue weighted by molar-refractivity contribution is 7.99. The Bertz CT molecular complexity index is 592. The topological polar surface area (TPSA) is 56.7 Å². The standard InChI is InChI=1S/C16H24FN3O2S2/c1-11-18-13(9-24-11)7-20-6-12(17)5-14(20)8-19(2)15(21)16(22)3-4-23-10-16/h9,12,14,22H,3-8,10H2,1-2H3/t12-,14-,16?/m0/s1. The molecule has 8 heteroatoms. The van der Waals surface area contributed by atoms with E-state index in [1.165, 1.54) is 0 Å². The van der Waals surface area contributed by atoms with Gasteiger partial charge in [-0.3, -0.25) is 9.69 Å². The van der Waals surface area contributed by atoms with Gasteiger partial charge < -0.3 is 10.0 Å². The van der Waals surface area contributed by atoms with Crippen molar-refractivity contribution in [1.29, 1.82) is 0 Å². The molecule has 0 radical (unpaired) electrons. The maximum Gasteiger partial charge on any atom is 0.255 e. The minimum absolute atomic E-state index is 0.0337. The zero-order chi connectivity index (χ0) is 17.3.